The second-order valence-corrected chi connectivity index (χ2v) is 10.7. The topological polar surface area (TPSA) is 75.0 Å². The summed E-state index contributed by atoms with van der Waals surface area (Å²) in [5, 5.41) is 0.320. The van der Waals surface area contributed by atoms with Crippen molar-refractivity contribution in [2.24, 2.45) is 5.41 Å². The Kier molecular flexibility index (Phi) is 10.6. The largest absolute Gasteiger partial charge is 0.573 e. The third-order valence-electron chi connectivity index (χ3n) is 6.45. The Morgan fingerprint density at radius 3 is 2.30 bits per heavy atom. The van der Waals surface area contributed by atoms with Crippen LogP contribution in [0.3, 0.4) is 0 Å². The first-order chi connectivity index (χ1) is 20.0. The van der Waals surface area contributed by atoms with E-state index in [1.807, 2.05) is 6.92 Å². The van der Waals surface area contributed by atoms with Gasteiger partial charge in [0.1, 0.15) is 23.7 Å². The number of benzene rings is 2. The van der Waals surface area contributed by atoms with Gasteiger partial charge in [-0.1, -0.05) is 45.4 Å². The Morgan fingerprint density at radius 1 is 0.953 bits per heavy atom. The summed E-state index contributed by atoms with van der Waals surface area (Å²) in [4.78, 5) is 24.7. The van der Waals surface area contributed by atoms with E-state index in [0.29, 0.717) is 17.4 Å². The summed E-state index contributed by atoms with van der Waals surface area (Å²) < 4.78 is 99.6. The van der Waals surface area contributed by atoms with E-state index in [9.17, 15) is 35.9 Å². The molecule has 0 saturated heterocycles. The van der Waals surface area contributed by atoms with Crippen molar-refractivity contribution < 1.29 is 49.8 Å². The smallest absolute Gasteiger partial charge is 0.493 e. The number of carbonyl (C=O) groups excluding carboxylic acids is 1. The van der Waals surface area contributed by atoms with Crippen molar-refractivity contribution in [1.29, 1.82) is 0 Å². The number of carbonyl (C=O) groups is 1. The lowest BCUT2D eigenvalue weighted by molar-refractivity contribution is -0.274. The molecule has 1 atom stereocenters. The molecule has 234 valence electrons. The molecule has 1 aromatic heterocycles. The number of rotatable bonds is 13. The van der Waals surface area contributed by atoms with E-state index in [0.717, 1.165) is 19.3 Å². The lowest BCUT2D eigenvalue weighted by Gasteiger charge is -2.30. The van der Waals surface area contributed by atoms with Gasteiger partial charge in [0.25, 0.3) is 0 Å². The van der Waals surface area contributed by atoms with Crippen LogP contribution < -0.4 is 15.1 Å². The molecule has 0 spiro atoms. The average molecular weight is 615 g/mol. The molecule has 0 aliphatic heterocycles. The predicted octanol–water partition coefficient (Wildman–Crippen LogP) is 8.55. The van der Waals surface area contributed by atoms with Crippen molar-refractivity contribution >= 4 is 16.9 Å². The standard InChI is InChI=1S/C31H32F6O6/c1-5-6-7-8-20-9-12-23(26(13-20)43-31(35,36)37)24-14-21-10-11-22(15-25(21)42-28(24)39)40-17-29(4,16-30(32,33)34)18-41-27(38)19(2)3/h9-15H,2,5-8,16-18H2,1,3-4H3. The van der Waals surface area contributed by atoms with Gasteiger partial charge in [-0.3, -0.25) is 0 Å². The summed E-state index contributed by atoms with van der Waals surface area (Å²) in [5.74, 6) is -1.32. The summed E-state index contributed by atoms with van der Waals surface area (Å²) >= 11 is 0. The van der Waals surface area contributed by atoms with Crippen LogP contribution in [0.4, 0.5) is 26.3 Å². The van der Waals surface area contributed by atoms with Crippen molar-refractivity contribution in [3.63, 3.8) is 0 Å². The Labute approximate surface area is 244 Å². The molecular formula is C31H32F6O6. The van der Waals surface area contributed by atoms with Crippen LogP contribution in [0.1, 0.15) is 52.0 Å². The highest BCUT2D eigenvalue weighted by Crippen LogP contribution is 2.37. The maximum atomic E-state index is 13.3. The highest BCUT2D eigenvalue weighted by molar-refractivity contribution is 5.87. The molecule has 0 aliphatic carbocycles. The molecule has 3 aromatic rings. The first kappa shape index (κ1) is 33.5. The minimum atomic E-state index is -5.00. The van der Waals surface area contributed by atoms with Crippen molar-refractivity contribution in [2.75, 3.05) is 13.2 Å². The molecule has 0 bridgehead atoms. The minimum absolute atomic E-state index is 0.00744. The van der Waals surface area contributed by atoms with E-state index in [4.69, 9.17) is 13.9 Å². The van der Waals surface area contributed by atoms with E-state index in [-0.39, 0.29) is 28.0 Å². The zero-order chi connectivity index (χ0) is 32.0. The second kappa shape index (κ2) is 13.6. The molecule has 0 radical (unpaired) electrons. The predicted molar refractivity (Wildman–Crippen MR) is 148 cm³/mol. The van der Waals surface area contributed by atoms with E-state index >= 15 is 0 Å². The van der Waals surface area contributed by atoms with Crippen molar-refractivity contribution in [2.45, 2.75) is 65.4 Å². The zero-order valence-corrected chi connectivity index (χ0v) is 23.9. The summed E-state index contributed by atoms with van der Waals surface area (Å²) in [6.45, 7) is 6.91. The number of aryl methyl sites for hydroxylation is 1. The van der Waals surface area contributed by atoms with Crippen LogP contribution >= 0.6 is 0 Å². The van der Waals surface area contributed by atoms with Crippen LogP contribution in [0.5, 0.6) is 11.5 Å². The van der Waals surface area contributed by atoms with Crippen LogP contribution in [0.2, 0.25) is 0 Å². The first-order valence-corrected chi connectivity index (χ1v) is 13.5. The van der Waals surface area contributed by atoms with Crippen LogP contribution in [0, 0.1) is 5.41 Å². The number of fused-ring (bicyclic) bond motifs is 1. The Morgan fingerprint density at radius 2 is 1.67 bits per heavy atom. The molecule has 43 heavy (non-hydrogen) atoms. The number of halogens is 6. The fourth-order valence-corrected chi connectivity index (χ4v) is 4.35. The van der Waals surface area contributed by atoms with Crippen LogP contribution in [0.15, 0.2) is 63.8 Å². The number of unbranched alkanes of at least 4 members (excludes halogenated alkanes) is 2. The number of alkyl halides is 6. The molecule has 3 rings (SSSR count). The Bertz CT molecular complexity index is 1510. The number of hydrogen-bond donors (Lipinski definition) is 0. The van der Waals surface area contributed by atoms with Crippen molar-refractivity contribution in [1.82, 2.24) is 0 Å². The monoisotopic (exact) mass is 614 g/mol. The highest BCUT2D eigenvalue weighted by Gasteiger charge is 2.41. The van der Waals surface area contributed by atoms with Gasteiger partial charge in [-0.05, 0) is 49.6 Å². The fraction of sp³-hybridized carbons (Fsp3) is 0.419. The van der Waals surface area contributed by atoms with Crippen LogP contribution in [0.25, 0.3) is 22.1 Å². The number of esters is 1. The van der Waals surface area contributed by atoms with Crippen LogP contribution in [-0.4, -0.2) is 31.7 Å². The molecule has 6 nitrogen and oxygen atoms in total. The molecule has 0 saturated carbocycles. The first-order valence-electron chi connectivity index (χ1n) is 13.5. The lowest BCUT2D eigenvalue weighted by Crippen LogP contribution is -2.36. The van der Waals surface area contributed by atoms with E-state index < -0.39 is 54.9 Å². The average Bonchev–Trinajstić information content (AvgIpc) is 2.89. The molecule has 1 heterocycles. The molecule has 0 fully saturated rings. The van der Waals surface area contributed by atoms with Crippen molar-refractivity contribution in [3.05, 3.63) is 70.6 Å². The SMILES string of the molecule is C=C(C)C(=O)OCC(C)(COc1ccc2cc(-c3ccc(CCCCC)cc3OC(F)(F)F)c(=O)oc2c1)CC(F)(F)F. The molecule has 1 unspecified atom stereocenters. The van der Waals surface area contributed by atoms with Crippen molar-refractivity contribution in [3.8, 4) is 22.6 Å². The normalized spacial score (nSPS) is 13.4. The maximum absolute atomic E-state index is 13.3. The summed E-state index contributed by atoms with van der Waals surface area (Å²) in [6.07, 6.45) is -7.73. The van der Waals surface area contributed by atoms with Gasteiger partial charge in [0.15, 0.2) is 0 Å². The lowest BCUT2D eigenvalue weighted by atomic mass is 9.88. The molecular weight excluding hydrogens is 582 g/mol. The minimum Gasteiger partial charge on any atom is -0.493 e. The van der Waals surface area contributed by atoms with Gasteiger partial charge in [0.2, 0.25) is 0 Å². The third kappa shape index (κ3) is 10.1. The Hall–Kier alpha value is -3.96. The van der Waals surface area contributed by atoms with Gasteiger partial charge in [-0.2, -0.15) is 13.2 Å². The molecule has 0 amide bonds. The second-order valence-electron chi connectivity index (χ2n) is 10.7. The molecule has 12 heteroatoms. The van der Waals surface area contributed by atoms with Gasteiger partial charge < -0.3 is 18.6 Å². The summed E-state index contributed by atoms with van der Waals surface area (Å²) in [5.41, 5.74) is -2.25. The van der Waals surface area contributed by atoms with E-state index in [1.54, 1.807) is 6.07 Å². The third-order valence-corrected chi connectivity index (χ3v) is 6.45. The Balaban J connectivity index is 1.89. The number of hydrogen-bond acceptors (Lipinski definition) is 6. The summed E-state index contributed by atoms with van der Waals surface area (Å²) in [7, 11) is 0. The molecule has 0 N–H and O–H groups in total. The van der Waals surface area contributed by atoms with Gasteiger partial charge in [-0.15, -0.1) is 13.2 Å². The quantitative estimate of drug-likeness (QED) is 0.0632. The van der Waals surface area contributed by atoms with Gasteiger partial charge in [0, 0.05) is 28.0 Å². The van der Waals surface area contributed by atoms with Gasteiger partial charge in [-0.25, -0.2) is 9.59 Å². The molecule has 2 aromatic carbocycles. The van der Waals surface area contributed by atoms with E-state index in [2.05, 4.69) is 11.3 Å². The highest BCUT2D eigenvalue weighted by atomic mass is 19.4. The fourth-order valence-electron chi connectivity index (χ4n) is 4.35. The van der Waals surface area contributed by atoms with Gasteiger partial charge >= 0.3 is 24.1 Å². The number of ether oxygens (including phenoxy) is 3. The molecule has 0 aliphatic rings. The summed E-state index contributed by atoms with van der Waals surface area (Å²) in [6, 6.07) is 9.72. The van der Waals surface area contributed by atoms with E-state index in [1.165, 1.54) is 50.2 Å². The zero-order valence-electron chi connectivity index (χ0n) is 23.9. The van der Waals surface area contributed by atoms with Gasteiger partial charge in [0.05, 0.1) is 18.6 Å². The maximum Gasteiger partial charge on any atom is 0.573 e. The van der Waals surface area contributed by atoms with Crippen LogP contribution in [-0.2, 0) is 16.0 Å².